The number of nitrogens with zero attached hydrogens (tertiary/aromatic N) is 2. The van der Waals surface area contributed by atoms with Gasteiger partial charge in [-0.3, -0.25) is 9.89 Å². The smallest absolute Gasteiger partial charge is 0.289 e. The predicted octanol–water partition coefficient (Wildman–Crippen LogP) is 3.26. The van der Waals surface area contributed by atoms with Gasteiger partial charge in [-0.2, -0.15) is 10.2 Å². The lowest BCUT2D eigenvalue weighted by Crippen LogP contribution is -2.17. The SMILES string of the molecule is CCOc1ccc(/C=N\NC(=O)c2cc(-c3ccc(OC)c(OC)c3)n[nH]2)cc1. The highest BCUT2D eigenvalue weighted by Crippen LogP contribution is 2.31. The second kappa shape index (κ2) is 9.41. The van der Waals surface area contributed by atoms with Gasteiger partial charge in [0, 0.05) is 5.56 Å². The van der Waals surface area contributed by atoms with Crippen molar-refractivity contribution in [2.75, 3.05) is 20.8 Å². The normalized spacial score (nSPS) is 10.7. The van der Waals surface area contributed by atoms with Crippen LogP contribution in [0.3, 0.4) is 0 Å². The van der Waals surface area contributed by atoms with Crippen molar-refractivity contribution < 1.29 is 19.0 Å². The molecule has 2 aromatic carbocycles. The van der Waals surface area contributed by atoms with Crippen LogP contribution in [-0.2, 0) is 0 Å². The molecule has 0 spiro atoms. The summed E-state index contributed by atoms with van der Waals surface area (Å²) in [4.78, 5) is 12.3. The Kier molecular flexibility index (Phi) is 6.47. The van der Waals surface area contributed by atoms with Gasteiger partial charge >= 0.3 is 0 Å². The van der Waals surface area contributed by atoms with Crippen molar-refractivity contribution in [3.63, 3.8) is 0 Å². The molecule has 3 rings (SSSR count). The minimum absolute atomic E-state index is 0.290. The number of rotatable bonds is 8. The zero-order valence-corrected chi connectivity index (χ0v) is 16.4. The van der Waals surface area contributed by atoms with Crippen molar-refractivity contribution in [1.82, 2.24) is 15.6 Å². The molecular weight excluding hydrogens is 372 g/mol. The Bertz CT molecular complexity index is 996. The molecule has 0 unspecified atom stereocenters. The van der Waals surface area contributed by atoms with E-state index in [9.17, 15) is 4.79 Å². The minimum Gasteiger partial charge on any atom is -0.494 e. The molecule has 0 saturated carbocycles. The zero-order chi connectivity index (χ0) is 20.6. The summed E-state index contributed by atoms with van der Waals surface area (Å²) < 4.78 is 15.9. The van der Waals surface area contributed by atoms with E-state index >= 15 is 0 Å². The van der Waals surface area contributed by atoms with Gasteiger partial charge in [0.1, 0.15) is 11.4 Å². The molecule has 0 radical (unpaired) electrons. The number of aromatic nitrogens is 2. The molecule has 2 N–H and O–H groups in total. The molecule has 8 nitrogen and oxygen atoms in total. The molecule has 0 aliphatic carbocycles. The monoisotopic (exact) mass is 394 g/mol. The quantitative estimate of drug-likeness (QED) is 0.451. The van der Waals surface area contributed by atoms with Crippen LogP contribution in [0.2, 0.25) is 0 Å². The summed E-state index contributed by atoms with van der Waals surface area (Å²) in [6.07, 6.45) is 1.55. The van der Waals surface area contributed by atoms with Crippen LogP contribution < -0.4 is 19.6 Å². The molecule has 1 amide bonds. The van der Waals surface area contributed by atoms with E-state index in [0.29, 0.717) is 29.5 Å². The maximum Gasteiger partial charge on any atom is 0.289 e. The summed E-state index contributed by atoms with van der Waals surface area (Å²) in [7, 11) is 3.13. The summed E-state index contributed by atoms with van der Waals surface area (Å²) in [5.41, 5.74) is 5.00. The third kappa shape index (κ3) is 4.92. The summed E-state index contributed by atoms with van der Waals surface area (Å²) in [5, 5.41) is 10.9. The van der Waals surface area contributed by atoms with E-state index in [0.717, 1.165) is 16.9 Å². The second-order valence-corrected chi connectivity index (χ2v) is 5.94. The predicted molar refractivity (Wildman–Crippen MR) is 110 cm³/mol. The summed E-state index contributed by atoms with van der Waals surface area (Å²) in [5.74, 6) is 1.59. The van der Waals surface area contributed by atoms with Crippen LogP contribution in [0.5, 0.6) is 17.2 Å². The molecule has 0 fully saturated rings. The van der Waals surface area contributed by atoms with Gasteiger partial charge < -0.3 is 14.2 Å². The van der Waals surface area contributed by atoms with Crippen LogP contribution in [-0.4, -0.2) is 43.1 Å². The zero-order valence-electron chi connectivity index (χ0n) is 16.4. The van der Waals surface area contributed by atoms with Crippen LogP contribution >= 0.6 is 0 Å². The van der Waals surface area contributed by atoms with Crippen LogP contribution in [0.1, 0.15) is 23.0 Å². The Labute approximate surface area is 168 Å². The molecule has 29 heavy (non-hydrogen) atoms. The van der Waals surface area contributed by atoms with Gasteiger partial charge in [0.05, 0.1) is 32.7 Å². The standard InChI is InChI=1S/C21H22N4O4/c1-4-29-16-8-5-14(6-9-16)13-22-25-21(26)18-12-17(23-24-18)15-7-10-19(27-2)20(11-15)28-3/h5-13H,4H2,1-3H3,(H,23,24)(H,25,26)/b22-13-. The molecule has 8 heteroatoms. The van der Waals surface area contributed by atoms with Crippen molar-refractivity contribution in [3.05, 3.63) is 59.8 Å². The fourth-order valence-corrected chi connectivity index (χ4v) is 2.62. The first-order chi connectivity index (χ1) is 14.1. The van der Waals surface area contributed by atoms with E-state index in [4.69, 9.17) is 14.2 Å². The highest BCUT2D eigenvalue weighted by molar-refractivity contribution is 5.94. The lowest BCUT2D eigenvalue weighted by molar-refractivity contribution is 0.0950. The lowest BCUT2D eigenvalue weighted by Gasteiger charge is -2.08. The molecule has 1 heterocycles. The van der Waals surface area contributed by atoms with E-state index in [1.165, 1.54) is 0 Å². The number of nitrogens with one attached hydrogen (secondary N) is 2. The molecule has 0 bridgehead atoms. The number of aromatic amines is 1. The van der Waals surface area contributed by atoms with E-state index in [1.807, 2.05) is 37.3 Å². The Morgan fingerprint density at radius 2 is 1.86 bits per heavy atom. The Hall–Kier alpha value is -3.81. The summed E-state index contributed by atoms with van der Waals surface area (Å²) in [6, 6.07) is 14.4. The largest absolute Gasteiger partial charge is 0.494 e. The second-order valence-electron chi connectivity index (χ2n) is 5.94. The fraction of sp³-hybridized carbons (Fsp3) is 0.190. The van der Waals surface area contributed by atoms with Gasteiger partial charge in [0.15, 0.2) is 11.5 Å². The van der Waals surface area contributed by atoms with Gasteiger partial charge in [-0.15, -0.1) is 0 Å². The van der Waals surface area contributed by atoms with Crippen molar-refractivity contribution in [1.29, 1.82) is 0 Å². The number of benzene rings is 2. The minimum atomic E-state index is -0.397. The molecule has 0 aliphatic rings. The summed E-state index contributed by atoms with van der Waals surface area (Å²) in [6.45, 7) is 2.54. The van der Waals surface area contributed by atoms with Crippen molar-refractivity contribution in [2.24, 2.45) is 5.10 Å². The average Bonchev–Trinajstić information content (AvgIpc) is 3.25. The molecule has 0 atom stereocenters. The van der Waals surface area contributed by atoms with E-state index < -0.39 is 5.91 Å². The number of H-pyrrole nitrogens is 1. The molecular formula is C21H22N4O4. The van der Waals surface area contributed by atoms with Crippen LogP contribution in [0.4, 0.5) is 0 Å². The maximum absolute atomic E-state index is 12.3. The summed E-state index contributed by atoms with van der Waals surface area (Å²) >= 11 is 0. The van der Waals surface area contributed by atoms with Crippen LogP contribution in [0.25, 0.3) is 11.3 Å². The number of ether oxygens (including phenoxy) is 3. The highest BCUT2D eigenvalue weighted by Gasteiger charge is 2.12. The third-order valence-corrected chi connectivity index (χ3v) is 4.07. The first-order valence-electron chi connectivity index (χ1n) is 8.98. The number of hydrazone groups is 1. The number of methoxy groups -OCH3 is 2. The van der Waals surface area contributed by atoms with E-state index in [2.05, 4.69) is 20.7 Å². The third-order valence-electron chi connectivity index (χ3n) is 4.07. The van der Waals surface area contributed by atoms with Gasteiger partial charge in [0.25, 0.3) is 5.91 Å². The van der Waals surface area contributed by atoms with E-state index in [1.54, 1.807) is 38.6 Å². The van der Waals surface area contributed by atoms with Crippen LogP contribution in [0, 0.1) is 0 Å². The Morgan fingerprint density at radius 1 is 1.10 bits per heavy atom. The van der Waals surface area contributed by atoms with Crippen molar-refractivity contribution >= 4 is 12.1 Å². The van der Waals surface area contributed by atoms with Gasteiger partial charge in [0.2, 0.25) is 0 Å². The number of hydrogen-bond acceptors (Lipinski definition) is 6. The first kappa shape index (κ1) is 19.9. The molecule has 3 aromatic rings. The van der Waals surface area contributed by atoms with Gasteiger partial charge in [-0.25, -0.2) is 5.43 Å². The topological polar surface area (TPSA) is 97.8 Å². The Balaban J connectivity index is 1.65. The van der Waals surface area contributed by atoms with Gasteiger partial charge in [-0.1, -0.05) is 0 Å². The number of carbonyl (C=O) groups is 1. The highest BCUT2D eigenvalue weighted by atomic mass is 16.5. The average molecular weight is 394 g/mol. The number of carbonyl (C=O) groups excluding carboxylic acids is 1. The number of hydrogen-bond donors (Lipinski definition) is 2. The molecule has 1 aromatic heterocycles. The lowest BCUT2D eigenvalue weighted by atomic mass is 10.1. The molecule has 150 valence electrons. The molecule has 0 aliphatic heterocycles. The van der Waals surface area contributed by atoms with Crippen molar-refractivity contribution in [2.45, 2.75) is 6.92 Å². The van der Waals surface area contributed by atoms with Gasteiger partial charge in [-0.05, 0) is 61.0 Å². The first-order valence-corrected chi connectivity index (χ1v) is 8.98. The van der Waals surface area contributed by atoms with Crippen LogP contribution in [0.15, 0.2) is 53.6 Å². The Morgan fingerprint density at radius 3 is 2.55 bits per heavy atom. The number of amides is 1. The maximum atomic E-state index is 12.3. The van der Waals surface area contributed by atoms with E-state index in [-0.39, 0.29) is 0 Å². The molecule has 0 saturated heterocycles. The van der Waals surface area contributed by atoms with Crippen molar-refractivity contribution in [3.8, 4) is 28.5 Å². The fourth-order valence-electron chi connectivity index (χ4n) is 2.62.